The molecule has 0 spiro atoms. The lowest BCUT2D eigenvalue weighted by Gasteiger charge is -2.21. The molecule has 0 saturated heterocycles. The highest BCUT2D eigenvalue weighted by Gasteiger charge is 2.26. The molecule has 3 rings (SSSR count). The second-order valence-corrected chi connectivity index (χ2v) is 9.03. The Balaban J connectivity index is 1.75. The first-order valence-corrected chi connectivity index (χ1v) is 10.5. The first-order chi connectivity index (χ1) is 13.2. The van der Waals surface area contributed by atoms with Crippen molar-refractivity contribution in [1.82, 2.24) is 4.31 Å². The third-order valence-corrected chi connectivity index (χ3v) is 6.33. The van der Waals surface area contributed by atoms with E-state index >= 15 is 0 Å². The number of carbonyl (C=O) groups is 1. The summed E-state index contributed by atoms with van der Waals surface area (Å²) in [5.74, 6) is -0.181. The van der Waals surface area contributed by atoms with Gasteiger partial charge in [0.15, 0.2) is 17.2 Å². The van der Waals surface area contributed by atoms with Gasteiger partial charge in [0.1, 0.15) is 19.8 Å². The molecule has 0 N–H and O–H groups in total. The summed E-state index contributed by atoms with van der Waals surface area (Å²) in [6, 6.07) is 6.93. The van der Waals surface area contributed by atoms with Crippen molar-refractivity contribution >= 4 is 50.8 Å². The van der Waals surface area contributed by atoms with Crippen molar-refractivity contribution < 1.29 is 27.4 Å². The third kappa shape index (κ3) is 4.47. The van der Waals surface area contributed by atoms with E-state index in [0.29, 0.717) is 24.7 Å². The van der Waals surface area contributed by atoms with Crippen molar-refractivity contribution in [3.63, 3.8) is 0 Å². The Bertz CT molecular complexity index is 1000. The van der Waals surface area contributed by atoms with Gasteiger partial charge in [-0.1, -0.05) is 34.8 Å². The van der Waals surface area contributed by atoms with E-state index in [9.17, 15) is 13.2 Å². The Morgan fingerprint density at radius 3 is 2.32 bits per heavy atom. The zero-order valence-electron chi connectivity index (χ0n) is 14.4. The second kappa shape index (κ2) is 8.34. The number of ether oxygens (including phenoxy) is 3. The van der Waals surface area contributed by atoms with E-state index in [-0.39, 0.29) is 25.7 Å². The van der Waals surface area contributed by atoms with Crippen LogP contribution in [0.25, 0.3) is 0 Å². The van der Waals surface area contributed by atoms with E-state index in [4.69, 9.17) is 49.0 Å². The Hall–Kier alpha value is -1.71. The molecule has 0 radical (unpaired) electrons. The van der Waals surface area contributed by atoms with E-state index in [2.05, 4.69) is 0 Å². The molecular formula is C17H14Cl3NO6S. The molecule has 0 atom stereocenters. The molecule has 1 aliphatic heterocycles. The van der Waals surface area contributed by atoms with Crippen LogP contribution in [0.15, 0.2) is 35.2 Å². The van der Waals surface area contributed by atoms with Crippen molar-refractivity contribution in [1.29, 1.82) is 0 Å². The molecule has 0 aliphatic carbocycles. The number of halogens is 3. The lowest BCUT2D eigenvalue weighted by atomic mass is 10.3. The van der Waals surface area contributed by atoms with Gasteiger partial charge >= 0.3 is 5.97 Å². The van der Waals surface area contributed by atoms with E-state index in [1.807, 2.05) is 0 Å². The summed E-state index contributed by atoms with van der Waals surface area (Å²) in [7, 11) is -2.73. The summed E-state index contributed by atoms with van der Waals surface area (Å²) in [4.78, 5) is 12.2. The van der Waals surface area contributed by atoms with E-state index in [1.165, 1.54) is 37.4 Å². The Labute approximate surface area is 176 Å². The van der Waals surface area contributed by atoms with Gasteiger partial charge in [-0.15, -0.1) is 0 Å². The van der Waals surface area contributed by atoms with Crippen LogP contribution in [-0.4, -0.2) is 45.5 Å². The van der Waals surface area contributed by atoms with E-state index in [0.717, 1.165) is 4.31 Å². The van der Waals surface area contributed by atoms with Crippen LogP contribution in [0.2, 0.25) is 15.1 Å². The molecule has 28 heavy (non-hydrogen) atoms. The highest BCUT2D eigenvalue weighted by Crippen LogP contribution is 2.36. The first kappa shape index (κ1) is 21.0. The number of carbonyl (C=O) groups excluding carboxylic acids is 1. The monoisotopic (exact) mass is 465 g/mol. The predicted octanol–water partition coefficient (Wildman–Crippen LogP) is 3.64. The zero-order chi connectivity index (χ0) is 20.5. The number of hydrogen-bond donors (Lipinski definition) is 0. The van der Waals surface area contributed by atoms with Crippen molar-refractivity contribution in [2.24, 2.45) is 0 Å². The van der Waals surface area contributed by atoms with Crippen molar-refractivity contribution in [2.75, 3.05) is 26.8 Å². The third-order valence-electron chi connectivity index (χ3n) is 3.75. The highest BCUT2D eigenvalue weighted by molar-refractivity contribution is 7.89. The maximum Gasteiger partial charge on any atom is 0.326 e. The molecular weight excluding hydrogens is 453 g/mol. The normalized spacial score (nSPS) is 13.5. The first-order valence-electron chi connectivity index (χ1n) is 7.89. The largest absolute Gasteiger partial charge is 0.486 e. The van der Waals surface area contributed by atoms with Crippen LogP contribution in [-0.2, 0) is 14.8 Å². The fraction of sp³-hybridized carbons (Fsp3) is 0.235. The number of nitrogens with zero attached hydrogens (tertiary/aromatic N) is 1. The summed E-state index contributed by atoms with van der Waals surface area (Å²) < 4.78 is 42.2. The molecule has 7 nitrogen and oxygen atoms in total. The van der Waals surface area contributed by atoms with Gasteiger partial charge in [0, 0.05) is 18.1 Å². The number of fused-ring (bicyclic) bond motifs is 1. The molecule has 2 aromatic rings. The van der Waals surface area contributed by atoms with Crippen LogP contribution in [0.5, 0.6) is 17.2 Å². The minimum Gasteiger partial charge on any atom is -0.486 e. The molecule has 0 unspecified atom stereocenters. The van der Waals surface area contributed by atoms with Crippen LogP contribution >= 0.6 is 34.8 Å². The van der Waals surface area contributed by atoms with Crippen LogP contribution in [0, 0.1) is 0 Å². The maximum absolute atomic E-state index is 12.7. The Kier molecular flexibility index (Phi) is 6.26. The summed E-state index contributed by atoms with van der Waals surface area (Å²) in [5.41, 5.74) is 0. The van der Waals surface area contributed by atoms with Crippen LogP contribution in [0.4, 0.5) is 0 Å². The molecule has 2 aromatic carbocycles. The van der Waals surface area contributed by atoms with E-state index < -0.39 is 22.5 Å². The van der Waals surface area contributed by atoms with Gasteiger partial charge < -0.3 is 14.2 Å². The quantitative estimate of drug-likeness (QED) is 0.494. The summed E-state index contributed by atoms with van der Waals surface area (Å²) in [6.07, 6.45) is 0. The molecule has 1 heterocycles. The summed E-state index contributed by atoms with van der Waals surface area (Å²) >= 11 is 17.7. The minimum absolute atomic E-state index is 0.0307. The average Bonchev–Trinajstić information content (AvgIpc) is 2.64. The molecule has 1 aliphatic rings. The number of esters is 1. The topological polar surface area (TPSA) is 82.1 Å². The number of hydrogen-bond acceptors (Lipinski definition) is 6. The lowest BCUT2D eigenvalue weighted by molar-refractivity contribution is -0.134. The van der Waals surface area contributed by atoms with Crippen LogP contribution in [0.3, 0.4) is 0 Å². The van der Waals surface area contributed by atoms with Gasteiger partial charge in [0.2, 0.25) is 10.0 Å². The second-order valence-electron chi connectivity index (χ2n) is 5.74. The summed E-state index contributed by atoms with van der Waals surface area (Å²) in [6.45, 7) is 0.147. The zero-order valence-corrected chi connectivity index (χ0v) is 17.5. The number of benzene rings is 2. The molecule has 0 aromatic heterocycles. The molecule has 150 valence electrons. The molecule has 11 heteroatoms. The van der Waals surface area contributed by atoms with Crippen LogP contribution in [0.1, 0.15) is 0 Å². The van der Waals surface area contributed by atoms with Crippen LogP contribution < -0.4 is 14.2 Å². The number of likely N-dealkylation sites (N-methyl/N-ethyl adjacent to an activating group) is 1. The van der Waals surface area contributed by atoms with Crippen molar-refractivity contribution in [2.45, 2.75) is 4.90 Å². The summed E-state index contributed by atoms with van der Waals surface area (Å²) in [5, 5.41) is 0.333. The predicted molar refractivity (Wildman–Crippen MR) is 104 cm³/mol. The molecule has 0 bridgehead atoms. The number of sulfonamides is 1. The number of rotatable bonds is 5. The van der Waals surface area contributed by atoms with Gasteiger partial charge in [-0.2, -0.15) is 4.31 Å². The SMILES string of the molecule is CN(CC(=O)Oc1c(Cl)cc(Cl)cc1Cl)S(=O)(=O)c1ccc2c(c1)OCCO2. The fourth-order valence-corrected chi connectivity index (χ4v) is 4.43. The van der Waals surface area contributed by atoms with Gasteiger partial charge in [-0.25, -0.2) is 8.42 Å². The molecule has 0 amide bonds. The average molecular weight is 467 g/mol. The molecule has 0 saturated carbocycles. The molecule has 0 fully saturated rings. The smallest absolute Gasteiger partial charge is 0.326 e. The Morgan fingerprint density at radius 1 is 1.07 bits per heavy atom. The minimum atomic E-state index is -3.98. The maximum atomic E-state index is 12.7. The standard InChI is InChI=1S/C17H14Cl3NO6S/c1-21(9-16(22)27-17-12(19)6-10(18)7-13(17)20)28(23,24)11-2-3-14-15(8-11)26-5-4-25-14/h2-3,6-8H,4-5,9H2,1H3. The van der Waals surface area contributed by atoms with Crippen molar-refractivity contribution in [3.05, 3.63) is 45.4 Å². The van der Waals surface area contributed by atoms with E-state index in [1.54, 1.807) is 0 Å². The fourth-order valence-electron chi connectivity index (χ4n) is 2.40. The lowest BCUT2D eigenvalue weighted by Crippen LogP contribution is -2.34. The van der Waals surface area contributed by atoms with Gasteiger partial charge in [-0.05, 0) is 24.3 Å². The van der Waals surface area contributed by atoms with Gasteiger partial charge in [0.25, 0.3) is 0 Å². The Morgan fingerprint density at radius 2 is 1.68 bits per heavy atom. The van der Waals surface area contributed by atoms with Crippen molar-refractivity contribution in [3.8, 4) is 17.2 Å². The van der Waals surface area contributed by atoms with Gasteiger partial charge in [-0.3, -0.25) is 4.79 Å². The van der Waals surface area contributed by atoms with Gasteiger partial charge in [0.05, 0.1) is 14.9 Å². The highest BCUT2D eigenvalue weighted by atomic mass is 35.5.